The molecule has 0 atom stereocenters. The minimum atomic E-state index is 0.859. The molecule has 9 aromatic carbocycles. The number of benzene rings is 9. The number of fused-ring (bicyclic) bond motifs is 6. The van der Waals surface area contributed by atoms with Crippen molar-refractivity contribution in [2.45, 2.75) is 0 Å². The summed E-state index contributed by atoms with van der Waals surface area (Å²) in [4.78, 5) is 2.39. The van der Waals surface area contributed by atoms with Crippen molar-refractivity contribution in [1.29, 1.82) is 0 Å². The monoisotopic (exact) mass is 728 g/mol. The molecular formula is C54H36N2O. The Labute approximate surface area is 330 Å². The number of furan rings is 1. The number of hydrogen-bond donors (Lipinski definition) is 0. The van der Waals surface area contributed by atoms with Crippen LogP contribution in [0.2, 0.25) is 0 Å². The molecular weight excluding hydrogens is 693 g/mol. The van der Waals surface area contributed by atoms with E-state index in [4.69, 9.17) is 4.42 Å². The Kier molecular flexibility index (Phi) is 7.82. The summed E-state index contributed by atoms with van der Waals surface area (Å²) in [5.41, 5.74) is 15.1. The summed E-state index contributed by atoms with van der Waals surface area (Å²) in [7, 11) is 0. The third kappa shape index (κ3) is 5.60. The zero-order chi connectivity index (χ0) is 37.7. The Balaban J connectivity index is 1.18. The summed E-state index contributed by atoms with van der Waals surface area (Å²) in [5, 5.41) is 4.66. The van der Waals surface area contributed by atoms with Crippen molar-refractivity contribution >= 4 is 60.8 Å². The van der Waals surface area contributed by atoms with E-state index in [0.29, 0.717) is 0 Å². The first-order chi connectivity index (χ1) is 28.3. The van der Waals surface area contributed by atoms with E-state index in [9.17, 15) is 0 Å². The lowest BCUT2D eigenvalue weighted by atomic mass is 9.97. The average molecular weight is 729 g/mol. The fourth-order valence-corrected chi connectivity index (χ4v) is 8.56. The van der Waals surface area contributed by atoms with Crippen LogP contribution < -0.4 is 4.90 Å². The Morgan fingerprint density at radius 3 is 1.63 bits per heavy atom. The first-order valence-corrected chi connectivity index (χ1v) is 19.4. The molecule has 0 spiro atoms. The van der Waals surface area contributed by atoms with E-state index in [-0.39, 0.29) is 0 Å². The lowest BCUT2D eigenvalue weighted by molar-refractivity contribution is 0.670. The quantitative estimate of drug-likeness (QED) is 0.163. The summed E-state index contributed by atoms with van der Waals surface area (Å²) in [6, 6.07) is 78.1. The molecule has 0 fully saturated rings. The fourth-order valence-electron chi connectivity index (χ4n) is 8.56. The highest BCUT2D eigenvalue weighted by Crippen LogP contribution is 2.48. The molecule has 2 heterocycles. The van der Waals surface area contributed by atoms with Gasteiger partial charge in [-0.1, -0.05) is 152 Å². The molecule has 0 aliphatic heterocycles. The Morgan fingerprint density at radius 1 is 0.351 bits per heavy atom. The maximum atomic E-state index is 6.91. The van der Waals surface area contributed by atoms with Gasteiger partial charge in [0.05, 0.1) is 16.7 Å². The summed E-state index contributed by atoms with van der Waals surface area (Å²) in [6.07, 6.45) is 0. The van der Waals surface area contributed by atoms with Crippen molar-refractivity contribution in [3.63, 3.8) is 0 Å². The molecule has 2 aromatic heterocycles. The van der Waals surface area contributed by atoms with Crippen LogP contribution in [0.1, 0.15) is 0 Å². The third-order valence-corrected chi connectivity index (χ3v) is 11.2. The second kappa shape index (κ2) is 13.6. The zero-order valence-corrected chi connectivity index (χ0v) is 31.1. The van der Waals surface area contributed by atoms with Crippen molar-refractivity contribution < 1.29 is 4.42 Å². The standard InChI is InChI=1S/C54H36N2O/c1-3-15-37(16-4-1)39-29-31-42(32-30-39)55(43-21-13-19-40(35-43)38-17-5-2-6-18-38)51-34-33-48-47-25-9-12-28-52(47)57-54(48)53(51)41-20-14-22-44(36-41)56-49-26-10-7-23-45(49)46-24-8-11-27-50(46)56/h1-36H. The van der Waals surface area contributed by atoms with Gasteiger partial charge in [0.25, 0.3) is 0 Å². The van der Waals surface area contributed by atoms with E-state index < -0.39 is 0 Å². The van der Waals surface area contributed by atoms with Crippen molar-refractivity contribution in [3.8, 4) is 39.1 Å². The number of para-hydroxylation sites is 3. The highest BCUT2D eigenvalue weighted by atomic mass is 16.3. The molecule has 0 radical (unpaired) electrons. The van der Waals surface area contributed by atoms with Gasteiger partial charge >= 0.3 is 0 Å². The highest BCUT2D eigenvalue weighted by molar-refractivity contribution is 6.14. The molecule has 0 saturated carbocycles. The zero-order valence-electron chi connectivity index (χ0n) is 31.1. The lowest BCUT2D eigenvalue weighted by Gasteiger charge is -2.29. The van der Waals surface area contributed by atoms with Gasteiger partial charge in [-0.2, -0.15) is 0 Å². The predicted octanol–water partition coefficient (Wildman–Crippen LogP) is 15.2. The van der Waals surface area contributed by atoms with E-state index in [1.165, 1.54) is 38.5 Å². The van der Waals surface area contributed by atoms with Crippen molar-refractivity contribution in [2.75, 3.05) is 4.90 Å². The molecule has 0 N–H and O–H groups in total. The normalized spacial score (nSPS) is 11.5. The number of nitrogens with zero attached hydrogens (tertiary/aromatic N) is 2. The number of hydrogen-bond acceptors (Lipinski definition) is 2. The largest absolute Gasteiger partial charge is 0.455 e. The average Bonchev–Trinajstić information content (AvgIpc) is 3.83. The van der Waals surface area contributed by atoms with Crippen molar-refractivity contribution in [3.05, 3.63) is 218 Å². The van der Waals surface area contributed by atoms with E-state index in [2.05, 4.69) is 222 Å². The third-order valence-electron chi connectivity index (χ3n) is 11.2. The van der Waals surface area contributed by atoms with E-state index in [0.717, 1.165) is 61.4 Å². The van der Waals surface area contributed by atoms with Crippen molar-refractivity contribution in [1.82, 2.24) is 4.57 Å². The molecule has 3 heteroatoms. The second-order valence-corrected chi connectivity index (χ2v) is 14.5. The van der Waals surface area contributed by atoms with Gasteiger partial charge in [0.2, 0.25) is 0 Å². The SMILES string of the molecule is c1ccc(-c2ccc(N(c3cccc(-c4ccccc4)c3)c3ccc4c(oc5ccccc54)c3-c3cccc(-n4c5ccccc5c5ccccc54)c3)cc2)cc1. The highest BCUT2D eigenvalue weighted by Gasteiger charge is 2.24. The molecule has 0 amide bonds. The van der Waals surface area contributed by atoms with Gasteiger partial charge in [0.1, 0.15) is 11.2 Å². The van der Waals surface area contributed by atoms with Crippen LogP contribution in [0.15, 0.2) is 223 Å². The van der Waals surface area contributed by atoms with Gasteiger partial charge in [0.15, 0.2) is 0 Å². The van der Waals surface area contributed by atoms with Crippen LogP contribution in [-0.2, 0) is 0 Å². The molecule has 0 aliphatic carbocycles. The summed E-state index contributed by atoms with van der Waals surface area (Å²) < 4.78 is 9.29. The molecule has 268 valence electrons. The molecule has 11 aromatic rings. The van der Waals surface area contributed by atoms with Crippen LogP contribution in [0, 0.1) is 0 Å². The summed E-state index contributed by atoms with van der Waals surface area (Å²) in [6.45, 7) is 0. The molecule has 3 nitrogen and oxygen atoms in total. The van der Waals surface area contributed by atoms with E-state index >= 15 is 0 Å². The smallest absolute Gasteiger partial charge is 0.145 e. The molecule has 0 unspecified atom stereocenters. The topological polar surface area (TPSA) is 21.3 Å². The molecule has 57 heavy (non-hydrogen) atoms. The first kappa shape index (κ1) is 32.8. The van der Waals surface area contributed by atoms with Gasteiger partial charge < -0.3 is 13.9 Å². The van der Waals surface area contributed by atoms with Crippen LogP contribution in [0.5, 0.6) is 0 Å². The maximum absolute atomic E-state index is 6.91. The van der Waals surface area contributed by atoms with Crippen molar-refractivity contribution in [2.24, 2.45) is 0 Å². The minimum Gasteiger partial charge on any atom is -0.455 e. The van der Waals surface area contributed by atoms with Crippen LogP contribution in [0.25, 0.3) is 82.8 Å². The Bertz CT molecular complexity index is 3180. The Hall–Kier alpha value is -7.62. The van der Waals surface area contributed by atoms with Gasteiger partial charge in [-0.05, 0) is 94.5 Å². The Morgan fingerprint density at radius 2 is 0.912 bits per heavy atom. The second-order valence-electron chi connectivity index (χ2n) is 14.5. The first-order valence-electron chi connectivity index (χ1n) is 19.4. The van der Waals surface area contributed by atoms with Crippen LogP contribution >= 0.6 is 0 Å². The minimum absolute atomic E-state index is 0.859. The maximum Gasteiger partial charge on any atom is 0.145 e. The molecule has 0 saturated heterocycles. The van der Waals surface area contributed by atoms with Crippen LogP contribution in [0.4, 0.5) is 17.1 Å². The lowest BCUT2D eigenvalue weighted by Crippen LogP contribution is -2.11. The number of anilines is 3. The molecule has 11 rings (SSSR count). The van der Waals surface area contributed by atoms with Gasteiger partial charge in [-0.3, -0.25) is 0 Å². The predicted molar refractivity (Wildman–Crippen MR) is 239 cm³/mol. The van der Waals surface area contributed by atoms with Crippen LogP contribution in [0.3, 0.4) is 0 Å². The van der Waals surface area contributed by atoms with Gasteiger partial charge in [0, 0.05) is 44.2 Å². The summed E-state index contributed by atoms with van der Waals surface area (Å²) in [5.74, 6) is 0. The number of aromatic nitrogens is 1. The van der Waals surface area contributed by atoms with Crippen LogP contribution in [-0.4, -0.2) is 4.57 Å². The van der Waals surface area contributed by atoms with Gasteiger partial charge in [-0.25, -0.2) is 0 Å². The summed E-state index contributed by atoms with van der Waals surface area (Å²) >= 11 is 0. The van der Waals surface area contributed by atoms with E-state index in [1.807, 2.05) is 6.07 Å². The number of rotatable bonds is 7. The molecule has 0 bridgehead atoms. The fraction of sp³-hybridized carbons (Fsp3) is 0. The molecule has 0 aliphatic rings. The van der Waals surface area contributed by atoms with E-state index in [1.54, 1.807) is 0 Å². The van der Waals surface area contributed by atoms with Gasteiger partial charge in [-0.15, -0.1) is 0 Å².